The number of aromatic nitrogens is 2. The van der Waals surface area contributed by atoms with Gasteiger partial charge in [0.1, 0.15) is 11.9 Å². The molecular weight excluding hydrogens is 309 g/mol. The zero-order valence-corrected chi connectivity index (χ0v) is 13.1. The highest BCUT2D eigenvalue weighted by Crippen LogP contribution is 2.25. The molecule has 1 atom stereocenters. The molecule has 0 spiro atoms. The van der Waals surface area contributed by atoms with E-state index in [0.29, 0.717) is 17.9 Å². The van der Waals surface area contributed by atoms with Crippen LogP contribution >= 0.6 is 0 Å². The topological polar surface area (TPSA) is 68.0 Å². The maximum absolute atomic E-state index is 13.2. The highest BCUT2D eigenvalue weighted by molar-refractivity contribution is 5.76. The molecule has 1 unspecified atom stereocenters. The Bertz CT molecular complexity index is 816. The molecule has 0 aliphatic rings. The van der Waals surface area contributed by atoms with Crippen molar-refractivity contribution in [1.29, 1.82) is 0 Å². The van der Waals surface area contributed by atoms with E-state index in [9.17, 15) is 9.18 Å². The average molecular weight is 325 g/mol. The van der Waals surface area contributed by atoms with Crippen molar-refractivity contribution in [3.05, 3.63) is 71.9 Å². The summed E-state index contributed by atoms with van der Waals surface area (Å²) >= 11 is 0. The van der Waals surface area contributed by atoms with Crippen LogP contribution in [0, 0.1) is 5.82 Å². The van der Waals surface area contributed by atoms with E-state index < -0.39 is 6.04 Å². The standard InChI is InChI=1S/C18H16FN3O2/c1-2-15(23)20-16(12-8-10-14(19)11-9-12)18-22-21-17(24-18)13-6-4-3-5-7-13/h3-11,16H,2H2,1H3,(H,20,23). The molecular formula is C18H16FN3O2. The molecule has 0 bridgehead atoms. The number of nitrogens with one attached hydrogen (secondary N) is 1. The van der Waals surface area contributed by atoms with Gasteiger partial charge in [0, 0.05) is 12.0 Å². The predicted octanol–water partition coefficient (Wildman–Crippen LogP) is 3.49. The highest BCUT2D eigenvalue weighted by atomic mass is 19.1. The molecule has 0 fully saturated rings. The van der Waals surface area contributed by atoms with Gasteiger partial charge in [0.05, 0.1) is 0 Å². The molecule has 5 nitrogen and oxygen atoms in total. The summed E-state index contributed by atoms with van der Waals surface area (Å²) in [6, 6.07) is 14.6. The number of amides is 1. The summed E-state index contributed by atoms with van der Waals surface area (Å²) in [4.78, 5) is 11.8. The minimum absolute atomic E-state index is 0.163. The maximum Gasteiger partial charge on any atom is 0.247 e. The maximum atomic E-state index is 13.2. The number of nitrogens with zero attached hydrogens (tertiary/aromatic N) is 2. The fourth-order valence-electron chi connectivity index (χ4n) is 2.25. The monoisotopic (exact) mass is 325 g/mol. The molecule has 3 rings (SSSR count). The molecule has 1 aromatic heterocycles. The zero-order valence-electron chi connectivity index (χ0n) is 13.1. The number of hydrogen-bond acceptors (Lipinski definition) is 4. The molecule has 0 aliphatic heterocycles. The van der Waals surface area contributed by atoms with Gasteiger partial charge in [-0.15, -0.1) is 10.2 Å². The van der Waals surface area contributed by atoms with E-state index in [2.05, 4.69) is 15.5 Å². The fourth-order valence-corrected chi connectivity index (χ4v) is 2.25. The minimum atomic E-state index is -0.622. The van der Waals surface area contributed by atoms with Crippen molar-refractivity contribution >= 4 is 5.91 Å². The molecule has 122 valence electrons. The molecule has 3 aromatic rings. The van der Waals surface area contributed by atoms with Crippen LogP contribution in [0.4, 0.5) is 4.39 Å². The molecule has 1 N–H and O–H groups in total. The van der Waals surface area contributed by atoms with Crippen molar-refractivity contribution in [1.82, 2.24) is 15.5 Å². The van der Waals surface area contributed by atoms with Crippen molar-refractivity contribution in [3.8, 4) is 11.5 Å². The van der Waals surface area contributed by atoms with Crippen LogP contribution < -0.4 is 5.32 Å². The second-order valence-electron chi connectivity index (χ2n) is 5.22. The van der Waals surface area contributed by atoms with Crippen molar-refractivity contribution in [3.63, 3.8) is 0 Å². The van der Waals surface area contributed by atoms with Gasteiger partial charge >= 0.3 is 0 Å². The molecule has 24 heavy (non-hydrogen) atoms. The Labute approximate surface area is 138 Å². The van der Waals surface area contributed by atoms with E-state index >= 15 is 0 Å². The third kappa shape index (κ3) is 3.48. The minimum Gasteiger partial charge on any atom is -0.418 e. The Balaban J connectivity index is 1.95. The Morgan fingerprint density at radius 3 is 2.50 bits per heavy atom. The van der Waals surface area contributed by atoms with E-state index in [1.807, 2.05) is 30.3 Å². The summed E-state index contributed by atoms with van der Waals surface area (Å²) in [5.74, 6) is 0.101. The largest absolute Gasteiger partial charge is 0.418 e. The quantitative estimate of drug-likeness (QED) is 0.779. The van der Waals surface area contributed by atoms with Gasteiger partial charge in [-0.2, -0.15) is 0 Å². The summed E-state index contributed by atoms with van der Waals surface area (Å²) in [7, 11) is 0. The van der Waals surface area contributed by atoms with Gasteiger partial charge in [-0.1, -0.05) is 37.3 Å². The lowest BCUT2D eigenvalue weighted by atomic mass is 10.1. The van der Waals surface area contributed by atoms with Crippen LogP contribution in [0.3, 0.4) is 0 Å². The average Bonchev–Trinajstić information content (AvgIpc) is 3.11. The predicted molar refractivity (Wildman–Crippen MR) is 86.4 cm³/mol. The Morgan fingerprint density at radius 2 is 1.83 bits per heavy atom. The van der Waals surface area contributed by atoms with Crippen LogP contribution in [0.1, 0.15) is 30.8 Å². The molecule has 6 heteroatoms. The lowest BCUT2D eigenvalue weighted by molar-refractivity contribution is -0.121. The number of rotatable bonds is 5. The van der Waals surface area contributed by atoms with E-state index in [1.165, 1.54) is 12.1 Å². The van der Waals surface area contributed by atoms with Crippen LogP contribution in [-0.4, -0.2) is 16.1 Å². The first-order valence-corrected chi connectivity index (χ1v) is 7.61. The summed E-state index contributed by atoms with van der Waals surface area (Å²) in [6.45, 7) is 1.75. The van der Waals surface area contributed by atoms with Crippen molar-refractivity contribution in [2.75, 3.05) is 0 Å². The normalized spacial score (nSPS) is 11.9. The Kier molecular flexibility index (Phi) is 4.65. The lowest BCUT2D eigenvalue weighted by Gasteiger charge is -2.15. The molecule has 0 saturated heterocycles. The van der Waals surface area contributed by atoms with Crippen LogP contribution in [0.25, 0.3) is 11.5 Å². The Morgan fingerprint density at radius 1 is 1.12 bits per heavy atom. The van der Waals surface area contributed by atoms with Gasteiger partial charge < -0.3 is 9.73 Å². The number of carbonyl (C=O) groups is 1. The fraction of sp³-hybridized carbons (Fsp3) is 0.167. The van der Waals surface area contributed by atoms with E-state index in [0.717, 1.165) is 5.56 Å². The van der Waals surface area contributed by atoms with Crippen molar-refractivity contribution < 1.29 is 13.6 Å². The van der Waals surface area contributed by atoms with Gasteiger partial charge in [-0.3, -0.25) is 4.79 Å². The molecule has 0 saturated carbocycles. The number of carbonyl (C=O) groups excluding carboxylic acids is 1. The summed E-state index contributed by atoms with van der Waals surface area (Å²) in [6.07, 6.45) is 0.317. The smallest absolute Gasteiger partial charge is 0.247 e. The van der Waals surface area contributed by atoms with Gasteiger partial charge in [-0.05, 0) is 29.8 Å². The summed E-state index contributed by atoms with van der Waals surface area (Å²) in [5, 5.41) is 10.9. The first-order chi connectivity index (χ1) is 11.7. The highest BCUT2D eigenvalue weighted by Gasteiger charge is 2.23. The number of hydrogen-bond donors (Lipinski definition) is 1. The lowest BCUT2D eigenvalue weighted by Crippen LogP contribution is -2.28. The van der Waals surface area contributed by atoms with E-state index in [4.69, 9.17) is 4.42 Å². The zero-order chi connectivity index (χ0) is 16.9. The second-order valence-corrected chi connectivity index (χ2v) is 5.22. The molecule has 2 aromatic carbocycles. The number of benzene rings is 2. The molecule has 0 aliphatic carbocycles. The van der Waals surface area contributed by atoms with Crippen LogP contribution in [0.5, 0.6) is 0 Å². The van der Waals surface area contributed by atoms with Crippen LogP contribution in [0.15, 0.2) is 59.0 Å². The summed E-state index contributed by atoms with van der Waals surface area (Å²) < 4.78 is 18.9. The van der Waals surface area contributed by atoms with E-state index in [-0.39, 0.29) is 17.6 Å². The van der Waals surface area contributed by atoms with Crippen molar-refractivity contribution in [2.45, 2.75) is 19.4 Å². The first kappa shape index (κ1) is 15.9. The molecule has 1 heterocycles. The SMILES string of the molecule is CCC(=O)NC(c1ccc(F)cc1)c1nnc(-c2ccccc2)o1. The van der Waals surface area contributed by atoms with Crippen LogP contribution in [0.2, 0.25) is 0 Å². The number of halogens is 1. The summed E-state index contributed by atoms with van der Waals surface area (Å²) in [5.41, 5.74) is 1.46. The molecule has 1 amide bonds. The first-order valence-electron chi connectivity index (χ1n) is 7.61. The third-order valence-electron chi connectivity index (χ3n) is 3.54. The van der Waals surface area contributed by atoms with Gasteiger partial charge in [0.15, 0.2) is 0 Å². The van der Waals surface area contributed by atoms with Crippen LogP contribution in [-0.2, 0) is 4.79 Å². The van der Waals surface area contributed by atoms with Gasteiger partial charge in [-0.25, -0.2) is 4.39 Å². The third-order valence-corrected chi connectivity index (χ3v) is 3.54. The van der Waals surface area contributed by atoms with Crippen molar-refractivity contribution in [2.24, 2.45) is 0 Å². The van der Waals surface area contributed by atoms with E-state index in [1.54, 1.807) is 19.1 Å². The van der Waals surface area contributed by atoms with Gasteiger partial charge in [0.2, 0.25) is 17.7 Å². The van der Waals surface area contributed by atoms with Gasteiger partial charge in [0.25, 0.3) is 0 Å². The molecule has 0 radical (unpaired) electrons. The Hall–Kier alpha value is -3.02. The second kappa shape index (κ2) is 7.04.